The molecule has 0 spiro atoms. The second-order valence-corrected chi connectivity index (χ2v) is 5.70. The second-order valence-electron chi connectivity index (χ2n) is 5.70. The summed E-state index contributed by atoms with van der Waals surface area (Å²) in [6.45, 7) is 6.62. The highest BCUT2D eigenvalue weighted by Crippen LogP contribution is 2.29. The molecule has 0 aliphatic rings. The van der Waals surface area contributed by atoms with E-state index in [1.807, 2.05) is 0 Å². The van der Waals surface area contributed by atoms with Crippen LogP contribution in [0.4, 0.5) is 0 Å². The Morgan fingerprint density at radius 2 is 1.84 bits per heavy atom. The molecule has 2 aromatic carbocycles. The number of hydrogen-bond donors (Lipinski definition) is 0. The molecule has 1 heteroatoms. The van der Waals surface area contributed by atoms with Gasteiger partial charge >= 0.3 is 0 Å². The SMILES string of the molecule is Cc1cc(CC(C)C)c2c(ccc3ccccc32)n1. The average Bonchev–Trinajstić information content (AvgIpc) is 2.37. The normalized spacial score (nSPS) is 11.6. The van der Waals surface area contributed by atoms with E-state index in [-0.39, 0.29) is 0 Å². The molecule has 3 rings (SSSR count). The van der Waals surface area contributed by atoms with Crippen molar-refractivity contribution in [3.05, 3.63) is 53.7 Å². The molecule has 0 unspecified atom stereocenters. The molecule has 0 fully saturated rings. The average molecular weight is 249 g/mol. The van der Waals surface area contributed by atoms with Gasteiger partial charge < -0.3 is 0 Å². The van der Waals surface area contributed by atoms with Gasteiger partial charge in [0.05, 0.1) is 5.52 Å². The van der Waals surface area contributed by atoms with Crippen molar-refractivity contribution in [3.63, 3.8) is 0 Å². The number of hydrogen-bond acceptors (Lipinski definition) is 1. The standard InChI is InChI=1S/C18H19N/c1-12(2)10-15-11-13(3)19-17-9-8-14-6-4-5-7-16(14)18(15)17/h4-9,11-12H,10H2,1-3H3. The first kappa shape index (κ1) is 12.2. The molecule has 0 radical (unpaired) electrons. The Hall–Kier alpha value is -1.89. The summed E-state index contributed by atoms with van der Waals surface area (Å²) < 4.78 is 0. The van der Waals surface area contributed by atoms with Gasteiger partial charge in [-0.1, -0.05) is 44.2 Å². The smallest absolute Gasteiger partial charge is 0.0714 e. The van der Waals surface area contributed by atoms with Crippen LogP contribution in [-0.2, 0) is 6.42 Å². The van der Waals surface area contributed by atoms with Gasteiger partial charge in [0.25, 0.3) is 0 Å². The third-order valence-electron chi connectivity index (χ3n) is 3.54. The van der Waals surface area contributed by atoms with Crippen molar-refractivity contribution in [1.82, 2.24) is 4.98 Å². The number of nitrogens with zero attached hydrogens (tertiary/aromatic N) is 1. The van der Waals surface area contributed by atoms with Crippen LogP contribution < -0.4 is 0 Å². The van der Waals surface area contributed by atoms with E-state index in [9.17, 15) is 0 Å². The third kappa shape index (κ3) is 2.21. The first-order valence-electron chi connectivity index (χ1n) is 6.93. The zero-order valence-corrected chi connectivity index (χ0v) is 11.8. The Morgan fingerprint density at radius 3 is 2.63 bits per heavy atom. The quantitative estimate of drug-likeness (QED) is 0.589. The predicted octanol–water partition coefficient (Wildman–Crippen LogP) is 4.89. The number of aryl methyl sites for hydroxylation is 1. The van der Waals surface area contributed by atoms with E-state index in [2.05, 4.69) is 63.2 Å². The molecule has 0 saturated carbocycles. The van der Waals surface area contributed by atoms with Gasteiger partial charge in [-0.15, -0.1) is 0 Å². The van der Waals surface area contributed by atoms with Crippen LogP contribution in [-0.4, -0.2) is 4.98 Å². The Labute approximate surface area is 114 Å². The summed E-state index contributed by atoms with van der Waals surface area (Å²) in [5, 5.41) is 3.95. The summed E-state index contributed by atoms with van der Waals surface area (Å²) in [7, 11) is 0. The molecular weight excluding hydrogens is 230 g/mol. The molecule has 0 saturated heterocycles. The molecule has 0 amide bonds. The minimum atomic E-state index is 0.656. The van der Waals surface area contributed by atoms with Crippen LogP contribution in [0.2, 0.25) is 0 Å². The lowest BCUT2D eigenvalue weighted by molar-refractivity contribution is 0.649. The maximum atomic E-state index is 4.69. The van der Waals surface area contributed by atoms with Gasteiger partial charge in [-0.25, -0.2) is 0 Å². The molecule has 1 heterocycles. The van der Waals surface area contributed by atoms with Gasteiger partial charge in [0.15, 0.2) is 0 Å². The number of pyridine rings is 1. The predicted molar refractivity (Wildman–Crippen MR) is 82.5 cm³/mol. The van der Waals surface area contributed by atoms with Crippen LogP contribution in [0.3, 0.4) is 0 Å². The summed E-state index contributed by atoms with van der Waals surface area (Å²) in [6, 6.07) is 15.2. The van der Waals surface area contributed by atoms with E-state index in [0.29, 0.717) is 5.92 Å². The third-order valence-corrected chi connectivity index (χ3v) is 3.54. The van der Waals surface area contributed by atoms with E-state index >= 15 is 0 Å². The number of fused-ring (bicyclic) bond motifs is 3. The monoisotopic (exact) mass is 249 g/mol. The van der Waals surface area contributed by atoms with Crippen LogP contribution in [0.5, 0.6) is 0 Å². The topological polar surface area (TPSA) is 12.9 Å². The zero-order valence-electron chi connectivity index (χ0n) is 11.8. The van der Waals surface area contributed by atoms with E-state index in [1.54, 1.807) is 0 Å². The fraction of sp³-hybridized carbons (Fsp3) is 0.278. The van der Waals surface area contributed by atoms with Crippen molar-refractivity contribution < 1.29 is 0 Å². The van der Waals surface area contributed by atoms with Gasteiger partial charge in [-0.05, 0) is 47.7 Å². The first-order valence-corrected chi connectivity index (χ1v) is 6.93. The largest absolute Gasteiger partial charge is 0.253 e. The van der Waals surface area contributed by atoms with Crippen LogP contribution in [0.25, 0.3) is 21.7 Å². The molecular formula is C18H19N. The molecule has 3 aromatic rings. The fourth-order valence-corrected chi connectivity index (χ4v) is 2.84. The number of rotatable bonds is 2. The summed E-state index contributed by atoms with van der Waals surface area (Å²) in [5.41, 5.74) is 3.65. The van der Waals surface area contributed by atoms with E-state index in [4.69, 9.17) is 4.98 Å². The maximum Gasteiger partial charge on any atom is 0.0714 e. The molecule has 1 nitrogen and oxygen atoms in total. The summed E-state index contributed by atoms with van der Waals surface area (Å²) in [5.74, 6) is 0.656. The van der Waals surface area contributed by atoms with Gasteiger partial charge in [-0.3, -0.25) is 4.98 Å². The Kier molecular flexibility index (Phi) is 2.98. The molecule has 96 valence electrons. The minimum absolute atomic E-state index is 0.656. The highest BCUT2D eigenvalue weighted by Gasteiger charge is 2.09. The van der Waals surface area contributed by atoms with Gasteiger partial charge in [0.2, 0.25) is 0 Å². The molecule has 0 N–H and O–H groups in total. The van der Waals surface area contributed by atoms with Gasteiger partial charge in [0.1, 0.15) is 0 Å². The van der Waals surface area contributed by atoms with Crippen LogP contribution in [0.15, 0.2) is 42.5 Å². The highest BCUT2D eigenvalue weighted by molar-refractivity contribution is 6.07. The summed E-state index contributed by atoms with van der Waals surface area (Å²) in [4.78, 5) is 4.69. The lowest BCUT2D eigenvalue weighted by Crippen LogP contribution is -1.98. The lowest BCUT2D eigenvalue weighted by Gasteiger charge is -2.12. The lowest BCUT2D eigenvalue weighted by atomic mass is 9.95. The van der Waals surface area contributed by atoms with Crippen molar-refractivity contribution in [2.75, 3.05) is 0 Å². The van der Waals surface area contributed by atoms with E-state index in [0.717, 1.165) is 17.6 Å². The molecule has 0 aliphatic heterocycles. The molecule has 0 aliphatic carbocycles. The summed E-state index contributed by atoms with van der Waals surface area (Å²) in [6.07, 6.45) is 1.11. The second kappa shape index (κ2) is 4.65. The Balaban J connectivity index is 2.41. The van der Waals surface area contributed by atoms with Crippen molar-refractivity contribution in [3.8, 4) is 0 Å². The van der Waals surface area contributed by atoms with Crippen molar-refractivity contribution in [1.29, 1.82) is 0 Å². The summed E-state index contributed by atoms with van der Waals surface area (Å²) >= 11 is 0. The molecule has 19 heavy (non-hydrogen) atoms. The van der Waals surface area contributed by atoms with E-state index < -0.39 is 0 Å². The van der Waals surface area contributed by atoms with Crippen molar-refractivity contribution in [2.45, 2.75) is 27.2 Å². The Bertz CT molecular complexity index is 741. The molecule has 0 bridgehead atoms. The number of aromatic nitrogens is 1. The zero-order chi connectivity index (χ0) is 13.4. The first-order chi connectivity index (χ1) is 9.15. The van der Waals surface area contributed by atoms with Crippen LogP contribution in [0, 0.1) is 12.8 Å². The van der Waals surface area contributed by atoms with Gasteiger partial charge in [0, 0.05) is 11.1 Å². The Morgan fingerprint density at radius 1 is 1.05 bits per heavy atom. The van der Waals surface area contributed by atoms with Crippen molar-refractivity contribution in [2.24, 2.45) is 5.92 Å². The van der Waals surface area contributed by atoms with Gasteiger partial charge in [-0.2, -0.15) is 0 Å². The van der Waals surface area contributed by atoms with Crippen molar-refractivity contribution >= 4 is 21.7 Å². The number of benzene rings is 2. The molecule has 0 atom stereocenters. The highest BCUT2D eigenvalue weighted by atomic mass is 14.7. The minimum Gasteiger partial charge on any atom is -0.253 e. The maximum absolute atomic E-state index is 4.69. The molecule has 1 aromatic heterocycles. The van der Waals surface area contributed by atoms with E-state index in [1.165, 1.54) is 21.7 Å². The fourth-order valence-electron chi connectivity index (χ4n) is 2.84. The van der Waals surface area contributed by atoms with Crippen LogP contribution in [0.1, 0.15) is 25.1 Å². The van der Waals surface area contributed by atoms with Crippen LogP contribution >= 0.6 is 0 Å².